The molecule has 5 nitrogen and oxygen atoms in total. The highest BCUT2D eigenvalue weighted by atomic mass is 16.2. The summed E-state index contributed by atoms with van der Waals surface area (Å²) in [4.78, 5) is 33.4. The Kier molecular flexibility index (Phi) is 6.74. The summed E-state index contributed by atoms with van der Waals surface area (Å²) in [5.41, 5.74) is 6.50. The van der Waals surface area contributed by atoms with E-state index in [1.165, 1.54) is 4.90 Å². The van der Waals surface area contributed by atoms with Crippen LogP contribution in [0.4, 0.5) is 39.8 Å². The van der Waals surface area contributed by atoms with Gasteiger partial charge in [0.05, 0.1) is 28.2 Å². The molecule has 0 bridgehead atoms. The third-order valence-electron chi connectivity index (χ3n) is 7.54. The number of rotatable bonds is 7. The molecule has 0 atom stereocenters. The number of hydrogen-bond acceptors (Lipinski definition) is 4. The van der Waals surface area contributed by atoms with Crippen molar-refractivity contribution < 1.29 is 9.59 Å². The number of nitrogens with zero attached hydrogens (tertiary/aromatic N) is 3. The van der Waals surface area contributed by atoms with Gasteiger partial charge in [-0.2, -0.15) is 0 Å². The summed E-state index contributed by atoms with van der Waals surface area (Å²) in [5, 5.41) is 0. The highest BCUT2D eigenvalue weighted by molar-refractivity contribution is 6.35. The fraction of sp³-hybridized carbons (Fsp3) is 0. The van der Waals surface area contributed by atoms with Gasteiger partial charge in [0, 0.05) is 22.7 Å². The summed E-state index contributed by atoms with van der Waals surface area (Å²) in [7, 11) is 0. The molecule has 0 aliphatic carbocycles. The molecule has 0 radical (unpaired) electrons. The summed E-state index contributed by atoms with van der Waals surface area (Å²) >= 11 is 0. The number of amides is 2. The van der Waals surface area contributed by atoms with Crippen molar-refractivity contribution in [2.24, 2.45) is 0 Å². The molecule has 6 aromatic rings. The molecule has 5 heteroatoms. The first kappa shape index (κ1) is 26.0. The zero-order valence-electron chi connectivity index (χ0n) is 23.2. The molecule has 1 aliphatic rings. The van der Waals surface area contributed by atoms with Crippen LogP contribution in [0.15, 0.2) is 164 Å². The van der Waals surface area contributed by atoms with Crippen molar-refractivity contribution in [1.29, 1.82) is 0 Å². The zero-order chi connectivity index (χ0) is 29.2. The van der Waals surface area contributed by atoms with Crippen LogP contribution in [-0.2, 0) is 0 Å². The van der Waals surface area contributed by atoms with Gasteiger partial charge in [-0.3, -0.25) is 9.59 Å². The normalized spacial score (nSPS) is 12.2. The number of anilines is 7. The lowest BCUT2D eigenvalue weighted by atomic mass is 10.0. The Balaban J connectivity index is 1.53. The van der Waals surface area contributed by atoms with Crippen molar-refractivity contribution in [3.8, 4) is 0 Å². The van der Waals surface area contributed by atoms with Crippen LogP contribution in [0, 0.1) is 0 Å². The standard InChI is InChI=1S/C38H27N3O2/c42-37-33-26-35(39(28-16-6-1-7-17-28)29-18-8-2-9-19-29)36(27-34(33)38(43)41(37)32-24-14-5-15-25-32)40(30-20-10-3-11-21-30)31-22-12-4-13-23-31/h1-27H. The Morgan fingerprint density at radius 2 is 0.651 bits per heavy atom. The molecule has 43 heavy (non-hydrogen) atoms. The minimum atomic E-state index is -0.342. The minimum Gasteiger partial charge on any atom is -0.308 e. The molecule has 1 aliphatic heterocycles. The lowest BCUT2D eigenvalue weighted by Crippen LogP contribution is -2.29. The first-order valence-corrected chi connectivity index (χ1v) is 14.1. The molecule has 0 spiro atoms. The van der Waals surface area contributed by atoms with Gasteiger partial charge in [-0.05, 0) is 72.8 Å². The van der Waals surface area contributed by atoms with Gasteiger partial charge >= 0.3 is 0 Å². The molecule has 0 saturated heterocycles. The fourth-order valence-corrected chi connectivity index (χ4v) is 5.60. The number of carbonyl (C=O) groups excluding carboxylic acids is 2. The molecule has 2 amide bonds. The van der Waals surface area contributed by atoms with Crippen molar-refractivity contribution in [2.45, 2.75) is 0 Å². The van der Waals surface area contributed by atoms with Crippen molar-refractivity contribution in [1.82, 2.24) is 0 Å². The average Bonchev–Trinajstić information content (AvgIpc) is 3.32. The van der Waals surface area contributed by atoms with Crippen LogP contribution in [-0.4, -0.2) is 11.8 Å². The Bertz CT molecular complexity index is 1690. The van der Waals surface area contributed by atoms with Gasteiger partial charge in [0.25, 0.3) is 11.8 Å². The molecule has 0 saturated carbocycles. The maximum Gasteiger partial charge on any atom is 0.266 e. The summed E-state index contributed by atoms with van der Waals surface area (Å²) in [5.74, 6) is -0.683. The SMILES string of the molecule is O=C1c2cc(N(c3ccccc3)c3ccccc3)c(N(c3ccccc3)c3ccccc3)cc2C(=O)N1c1ccccc1. The van der Waals surface area contributed by atoms with Gasteiger partial charge in [0.1, 0.15) is 0 Å². The quantitative estimate of drug-likeness (QED) is 0.183. The predicted octanol–water partition coefficient (Wildman–Crippen LogP) is 9.43. The molecule has 0 unspecified atom stereocenters. The number of fused-ring (bicyclic) bond motifs is 1. The minimum absolute atomic E-state index is 0.342. The van der Waals surface area contributed by atoms with E-state index in [2.05, 4.69) is 9.80 Å². The fourth-order valence-electron chi connectivity index (χ4n) is 5.60. The van der Waals surface area contributed by atoms with E-state index in [-0.39, 0.29) is 11.8 Å². The Labute approximate surface area is 250 Å². The van der Waals surface area contributed by atoms with Crippen molar-refractivity contribution in [3.63, 3.8) is 0 Å². The third kappa shape index (κ3) is 4.73. The van der Waals surface area contributed by atoms with Crippen LogP contribution < -0.4 is 14.7 Å². The van der Waals surface area contributed by atoms with E-state index < -0.39 is 0 Å². The second kappa shape index (κ2) is 11.1. The van der Waals surface area contributed by atoms with Crippen LogP contribution >= 0.6 is 0 Å². The van der Waals surface area contributed by atoms with E-state index in [0.717, 1.165) is 34.1 Å². The summed E-state index contributed by atoms with van der Waals surface area (Å²) in [6.45, 7) is 0. The predicted molar refractivity (Wildman–Crippen MR) is 173 cm³/mol. The van der Waals surface area contributed by atoms with Crippen molar-refractivity contribution in [3.05, 3.63) is 175 Å². The summed E-state index contributed by atoms with van der Waals surface area (Å²) < 4.78 is 0. The van der Waals surface area contributed by atoms with Crippen LogP contribution in [0.25, 0.3) is 0 Å². The molecular formula is C38H27N3O2. The summed E-state index contributed by atoms with van der Waals surface area (Å²) in [6, 6.07) is 53.1. The highest BCUT2D eigenvalue weighted by Gasteiger charge is 2.39. The second-order valence-electron chi connectivity index (χ2n) is 10.2. The van der Waals surface area contributed by atoms with Crippen LogP contribution in [0.3, 0.4) is 0 Å². The van der Waals surface area contributed by atoms with Gasteiger partial charge in [0.2, 0.25) is 0 Å². The van der Waals surface area contributed by atoms with Crippen LogP contribution in [0.5, 0.6) is 0 Å². The van der Waals surface area contributed by atoms with E-state index in [1.54, 1.807) is 12.1 Å². The molecular weight excluding hydrogens is 530 g/mol. The smallest absolute Gasteiger partial charge is 0.266 e. The third-order valence-corrected chi connectivity index (χ3v) is 7.54. The second-order valence-corrected chi connectivity index (χ2v) is 10.2. The topological polar surface area (TPSA) is 43.9 Å². The molecule has 206 valence electrons. The van der Waals surface area contributed by atoms with E-state index in [0.29, 0.717) is 16.8 Å². The van der Waals surface area contributed by atoms with Gasteiger partial charge in [-0.25, -0.2) is 4.90 Å². The van der Waals surface area contributed by atoms with Gasteiger partial charge < -0.3 is 9.80 Å². The van der Waals surface area contributed by atoms with Gasteiger partial charge in [-0.15, -0.1) is 0 Å². The lowest BCUT2D eigenvalue weighted by Gasteiger charge is -2.33. The molecule has 6 aromatic carbocycles. The van der Waals surface area contributed by atoms with Crippen LogP contribution in [0.1, 0.15) is 20.7 Å². The number of carbonyl (C=O) groups is 2. The van der Waals surface area contributed by atoms with Gasteiger partial charge in [0.15, 0.2) is 0 Å². The van der Waals surface area contributed by atoms with E-state index in [4.69, 9.17) is 0 Å². The van der Waals surface area contributed by atoms with Crippen LogP contribution in [0.2, 0.25) is 0 Å². The molecule has 0 N–H and O–H groups in total. The van der Waals surface area contributed by atoms with E-state index >= 15 is 0 Å². The maximum absolute atomic E-state index is 13.9. The highest BCUT2D eigenvalue weighted by Crippen LogP contribution is 2.48. The Morgan fingerprint density at radius 3 is 0.953 bits per heavy atom. The van der Waals surface area contributed by atoms with Crippen molar-refractivity contribution >= 4 is 51.6 Å². The number of hydrogen-bond donors (Lipinski definition) is 0. The number of para-hydroxylation sites is 5. The van der Waals surface area contributed by atoms with E-state index in [9.17, 15) is 9.59 Å². The van der Waals surface area contributed by atoms with E-state index in [1.807, 2.05) is 152 Å². The Morgan fingerprint density at radius 1 is 0.372 bits per heavy atom. The first-order chi connectivity index (χ1) is 21.2. The Hall–Kier alpha value is -5.94. The average molecular weight is 558 g/mol. The molecule has 7 rings (SSSR count). The van der Waals surface area contributed by atoms with Crippen molar-refractivity contribution in [2.75, 3.05) is 14.7 Å². The number of imide groups is 1. The monoisotopic (exact) mass is 557 g/mol. The first-order valence-electron chi connectivity index (χ1n) is 14.1. The zero-order valence-corrected chi connectivity index (χ0v) is 23.2. The largest absolute Gasteiger partial charge is 0.308 e. The lowest BCUT2D eigenvalue weighted by molar-refractivity contribution is 0.0926. The number of benzene rings is 6. The molecule has 1 heterocycles. The molecule has 0 fully saturated rings. The maximum atomic E-state index is 13.9. The van der Waals surface area contributed by atoms with Gasteiger partial charge in [-0.1, -0.05) is 91.0 Å². The summed E-state index contributed by atoms with van der Waals surface area (Å²) in [6.07, 6.45) is 0. The molecule has 0 aromatic heterocycles.